The monoisotopic (exact) mass is 531 g/mol. The van der Waals surface area contributed by atoms with Crippen molar-refractivity contribution in [2.75, 3.05) is 38.1 Å². The Morgan fingerprint density at radius 1 is 0.897 bits per heavy atom. The fourth-order valence-electron chi connectivity index (χ4n) is 6.63. The normalized spacial score (nSPS) is 22.9. The third-order valence-electron chi connectivity index (χ3n) is 9.33. The molecule has 1 aliphatic heterocycles. The second-order valence-electron chi connectivity index (χ2n) is 12.4. The summed E-state index contributed by atoms with van der Waals surface area (Å²) >= 11 is 0. The van der Waals surface area contributed by atoms with Crippen molar-refractivity contribution in [3.8, 4) is 11.1 Å². The highest BCUT2D eigenvalue weighted by atomic mass is 16.3. The number of anilines is 1. The lowest BCUT2D eigenvalue weighted by atomic mass is 9.87. The second-order valence-corrected chi connectivity index (χ2v) is 12.4. The smallest absolute Gasteiger partial charge is 0.224 e. The molecule has 0 atom stereocenters. The van der Waals surface area contributed by atoms with Gasteiger partial charge in [0.15, 0.2) is 0 Å². The van der Waals surface area contributed by atoms with Gasteiger partial charge in [0.25, 0.3) is 0 Å². The number of aliphatic hydroxyl groups is 2. The van der Waals surface area contributed by atoms with Gasteiger partial charge in [0.1, 0.15) is 5.65 Å². The van der Waals surface area contributed by atoms with Gasteiger partial charge in [0.05, 0.1) is 12.7 Å². The number of aliphatic hydroxyl groups excluding tert-OH is 2. The van der Waals surface area contributed by atoms with Gasteiger partial charge in [-0.25, -0.2) is 4.98 Å². The lowest BCUT2D eigenvalue weighted by Gasteiger charge is -2.31. The van der Waals surface area contributed by atoms with E-state index in [0.29, 0.717) is 5.92 Å². The number of β-amino-alcohol motifs (C(OH)–C–C–N with tert-alkyl or cyclic N) is 1. The fraction of sp³-hybridized carbons (Fsp3) is 0.625. The first-order valence-electron chi connectivity index (χ1n) is 15.3. The first-order chi connectivity index (χ1) is 19.1. The quantitative estimate of drug-likeness (QED) is 0.319. The van der Waals surface area contributed by atoms with E-state index in [1.807, 2.05) is 6.20 Å². The van der Waals surface area contributed by atoms with Gasteiger partial charge >= 0.3 is 0 Å². The van der Waals surface area contributed by atoms with E-state index in [1.165, 1.54) is 48.8 Å². The standard InChI is InChI=1S/C32H45N5O2/c38-18-17-36-15-12-25(13-16-36)19-24-3-7-27(8-4-24)30-22-37(21-26-5-9-28(39)10-6-26)31-29(30)20-34-32(35-31)33-14-11-23-1-2-23/h3-4,7-8,20,22-23,25-26,28,38-39H,1-2,5-6,9-19,21H2,(H,33,34,35). The first-order valence-corrected chi connectivity index (χ1v) is 15.3. The molecule has 39 heavy (non-hydrogen) atoms. The minimum absolute atomic E-state index is 0.130. The van der Waals surface area contributed by atoms with Crippen molar-refractivity contribution in [2.45, 2.75) is 76.9 Å². The fourth-order valence-corrected chi connectivity index (χ4v) is 6.63. The molecule has 0 spiro atoms. The molecule has 0 radical (unpaired) electrons. The van der Waals surface area contributed by atoms with E-state index in [0.717, 1.165) is 93.6 Å². The van der Waals surface area contributed by atoms with Gasteiger partial charge in [-0.3, -0.25) is 0 Å². The number of aromatic nitrogens is 3. The molecule has 2 saturated carbocycles. The Hall–Kier alpha value is -2.48. The molecular formula is C32H45N5O2. The molecule has 210 valence electrons. The van der Waals surface area contributed by atoms with Crippen molar-refractivity contribution in [1.29, 1.82) is 0 Å². The van der Waals surface area contributed by atoms with Crippen molar-refractivity contribution in [2.24, 2.45) is 17.8 Å². The number of rotatable bonds is 11. The Balaban J connectivity index is 1.19. The zero-order valence-corrected chi connectivity index (χ0v) is 23.3. The van der Waals surface area contributed by atoms with E-state index in [4.69, 9.17) is 9.97 Å². The SMILES string of the molecule is OCCN1CCC(Cc2ccc(-c3cn(CC4CCC(O)CC4)c4nc(NCCC5CC5)ncc34)cc2)CC1. The van der Waals surface area contributed by atoms with Crippen LogP contribution < -0.4 is 5.32 Å². The van der Waals surface area contributed by atoms with Crippen LogP contribution in [0.15, 0.2) is 36.7 Å². The summed E-state index contributed by atoms with van der Waals surface area (Å²) in [6, 6.07) is 9.15. The third kappa shape index (κ3) is 6.82. The van der Waals surface area contributed by atoms with Crippen LogP contribution in [0.25, 0.3) is 22.2 Å². The van der Waals surface area contributed by atoms with Crippen LogP contribution in [0.5, 0.6) is 0 Å². The summed E-state index contributed by atoms with van der Waals surface area (Å²) in [5.74, 6) is 2.92. The summed E-state index contributed by atoms with van der Waals surface area (Å²) in [6.45, 7) is 5.14. The second kappa shape index (κ2) is 12.4. The summed E-state index contributed by atoms with van der Waals surface area (Å²) in [4.78, 5) is 12.1. The predicted molar refractivity (Wildman–Crippen MR) is 157 cm³/mol. The van der Waals surface area contributed by atoms with Crippen molar-refractivity contribution in [3.05, 3.63) is 42.2 Å². The van der Waals surface area contributed by atoms with Crippen LogP contribution in [0.4, 0.5) is 5.95 Å². The van der Waals surface area contributed by atoms with Gasteiger partial charge < -0.3 is 25.0 Å². The number of benzene rings is 1. The number of nitrogens with zero attached hydrogens (tertiary/aromatic N) is 4. The third-order valence-corrected chi connectivity index (χ3v) is 9.33. The Morgan fingerprint density at radius 3 is 2.36 bits per heavy atom. The number of likely N-dealkylation sites (tertiary alicyclic amines) is 1. The van der Waals surface area contributed by atoms with Gasteiger partial charge in [-0.2, -0.15) is 4.98 Å². The topological polar surface area (TPSA) is 86.4 Å². The van der Waals surface area contributed by atoms with E-state index < -0.39 is 0 Å². The Bertz CT molecular complexity index is 1210. The zero-order valence-electron chi connectivity index (χ0n) is 23.3. The van der Waals surface area contributed by atoms with Crippen molar-refractivity contribution in [1.82, 2.24) is 19.4 Å². The Labute approximate surface area is 232 Å². The Kier molecular flexibility index (Phi) is 8.47. The van der Waals surface area contributed by atoms with Crippen LogP contribution in [0.1, 0.15) is 63.4 Å². The summed E-state index contributed by atoms with van der Waals surface area (Å²) < 4.78 is 2.34. The van der Waals surface area contributed by atoms with Crippen LogP contribution in [0, 0.1) is 17.8 Å². The maximum atomic E-state index is 9.99. The van der Waals surface area contributed by atoms with Gasteiger partial charge in [-0.05, 0) is 93.3 Å². The van der Waals surface area contributed by atoms with E-state index in [1.54, 1.807) is 0 Å². The number of hydrogen-bond acceptors (Lipinski definition) is 6. The van der Waals surface area contributed by atoms with Gasteiger partial charge in [-0.15, -0.1) is 0 Å². The average Bonchev–Trinajstić information content (AvgIpc) is 3.72. The van der Waals surface area contributed by atoms with Crippen LogP contribution in [0.2, 0.25) is 0 Å². The molecule has 3 N–H and O–H groups in total. The minimum Gasteiger partial charge on any atom is -0.395 e. The van der Waals surface area contributed by atoms with Crippen LogP contribution in [0.3, 0.4) is 0 Å². The van der Waals surface area contributed by atoms with E-state index in [-0.39, 0.29) is 12.7 Å². The van der Waals surface area contributed by atoms with E-state index >= 15 is 0 Å². The Morgan fingerprint density at radius 2 is 1.64 bits per heavy atom. The van der Waals surface area contributed by atoms with Gasteiger partial charge in [0.2, 0.25) is 5.95 Å². The lowest BCUT2D eigenvalue weighted by molar-refractivity contribution is 0.104. The van der Waals surface area contributed by atoms with Crippen molar-refractivity contribution < 1.29 is 10.2 Å². The summed E-state index contributed by atoms with van der Waals surface area (Å²) in [5.41, 5.74) is 4.84. The van der Waals surface area contributed by atoms with Crippen molar-refractivity contribution in [3.63, 3.8) is 0 Å². The summed E-state index contributed by atoms with van der Waals surface area (Å²) in [5, 5.41) is 23.8. The molecular weight excluding hydrogens is 486 g/mol. The molecule has 6 rings (SSSR count). The number of nitrogens with one attached hydrogen (secondary N) is 1. The molecule has 2 aromatic heterocycles. The zero-order chi connectivity index (χ0) is 26.6. The van der Waals surface area contributed by atoms with Crippen molar-refractivity contribution >= 4 is 17.0 Å². The van der Waals surface area contributed by atoms with Crippen LogP contribution in [-0.4, -0.2) is 68.5 Å². The molecule has 3 fully saturated rings. The molecule has 3 aliphatic rings. The molecule has 0 unspecified atom stereocenters. The summed E-state index contributed by atoms with van der Waals surface area (Å²) in [7, 11) is 0. The predicted octanol–water partition coefficient (Wildman–Crippen LogP) is 5.11. The summed E-state index contributed by atoms with van der Waals surface area (Å²) in [6.07, 6.45) is 15.6. The molecule has 1 aromatic carbocycles. The lowest BCUT2D eigenvalue weighted by Crippen LogP contribution is -2.36. The molecule has 3 heterocycles. The molecule has 3 aromatic rings. The van der Waals surface area contributed by atoms with Gasteiger partial charge in [-0.1, -0.05) is 37.1 Å². The molecule has 0 bridgehead atoms. The maximum absolute atomic E-state index is 9.99. The average molecular weight is 532 g/mol. The largest absolute Gasteiger partial charge is 0.395 e. The van der Waals surface area contributed by atoms with E-state index in [9.17, 15) is 10.2 Å². The highest BCUT2D eigenvalue weighted by Crippen LogP contribution is 2.34. The number of fused-ring (bicyclic) bond motifs is 1. The number of piperidine rings is 1. The molecule has 7 nitrogen and oxygen atoms in total. The first kappa shape index (κ1) is 26.7. The number of hydrogen-bond donors (Lipinski definition) is 3. The molecule has 2 aliphatic carbocycles. The highest BCUT2D eigenvalue weighted by Gasteiger charge is 2.23. The molecule has 0 amide bonds. The van der Waals surface area contributed by atoms with Gasteiger partial charge in [0, 0.05) is 43.0 Å². The van der Waals surface area contributed by atoms with Crippen LogP contribution >= 0.6 is 0 Å². The molecule has 7 heteroatoms. The maximum Gasteiger partial charge on any atom is 0.224 e. The highest BCUT2D eigenvalue weighted by molar-refractivity contribution is 5.94. The van der Waals surface area contributed by atoms with E-state index in [2.05, 4.69) is 45.2 Å². The minimum atomic E-state index is -0.130. The molecule has 1 saturated heterocycles. The van der Waals surface area contributed by atoms with Crippen LogP contribution in [-0.2, 0) is 13.0 Å².